The smallest absolute Gasteiger partial charge is 0.248 e. The van der Waals surface area contributed by atoms with Crippen molar-refractivity contribution in [1.82, 2.24) is 0 Å². The number of amides is 1. The number of carbonyl (C=O) groups excluding carboxylic acids is 1. The number of nitrogens with zero attached hydrogens (tertiary/aromatic N) is 1. The number of anilines is 2. The normalized spacial score (nSPS) is 12.0. The number of ether oxygens (including phenoxy) is 2. The molecule has 29 heavy (non-hydrogen) atoms. The predicted molar refractivity (Wildman–Crippen MR) is 115 cm³/mol. The van der Waals surface area contributed by atoms with E-state index in [1.807, 2.05) is 0 Å². The zero-order valence-corrected chi connectivity index (χ0v) is 17.6. The minimum absolute atomic E-state index is 0.281. The van der Waals surface area contributed by atoms with Crippen LogP contribution in [0.15, 0.2) is 61.2 Å². The summed E-state index contributed by atoms with van der Waals surface area (Å²) >= 11 is 0. The van der Waals surface area contributed by atoms with Crippen LogP contribution in [0.3, 0.4) is 0 Å². The largest absolute Gasteiger partial charge is 0.497 e. The monoisotopic (exact) mass is 418 g/mol. The Balaban J connectivity index is 2.32. The van der Waals surface area contributed by atoms with E-state index in [2.05, 4.69) is 11.9 Å². The van der Waals surface area contributed by atoms with Crippen LogP contribution in [0.25, 0.3) is 0 Å². The zero-order valence-electron chi connectivity index (χ0n) is 16.8. The molecule has 0 bridgehead atoms. The third-order valence-corrected chi connectivity index (χ3v) is 5.29. The van der Waals surface area contributed by atoms with Crippen molar-refractivity contribution in [3.8, 4) is 11.5 Å². The Morgan fingerprint density at radius 1 is 1.21 bits per heavy atom. The van der Waals surface area contributed by atoms with E-state index >= 15 is 0 Å². The van der Waals surface area contributed by atoms with Gasteiger partial charge in [0.1, 0.15) is 24.1 Å². The third kappa shape index (κ3) is 5.99. The first-order chi connectivity index (χ1) is 13.8. The average molecular weight is 419 g/mol. The van der Waals surface area contributed by atoms with Gasteiger partial charge in [0.2, 0.25) is 15.9 Å². The van der Waals surface area contributed by atoms with Gasteiger partial charge in [0.05, 0.1) is 19.1 Å². The molecule has 0 radical (unpaired) electrons. The van der Waals surface area contributed by atoms with Crippen LogP contribution in [0.4, 0.5) is 11.4 Å². The standard InChI is InChI=1S/C21H26N2O5S/c1-5-13-28-19-12-7-9-16(14-19)22-21(24)20(6-2)23(29(4,25)26)17-10-8-11-18(15-17)27-3/h5,7-12,14-15,20H,1,6,13H2,2-4H3,(H,22,24)/t20-/m1/s1. The Morgan fingerprint density at radius 3 is 2.52 bits per heavy atom. The summed E-state index contributed by atoms with van der Waals surface area (Å²) in [5.41, 5.74) is 0.867. The highest BCUT2D eigenvalue weighted by Crippen LogP contribution is 2.27. The third-order valence-electron chi connectivity index (χ3n) is 4.11. The minimum Gasteiger partial charge on any atom is -0.497 e. The Bertz CT molecular complexity index is 959. The van der Waals surface area contributed by atoms with Crippen LogP contribution in [0.2, 0.25) is 0 Å². The fourth-order valence-corrected chi connectivity index (χ4v) is 4.06. The van der Waals surface area contributed by atoms with E-state index < -0.39 is 22.0 Å². The van der Waals surface area contributed by atoms with Gasteiger partial charge in [-0.25, -0.2) is 8.42 Å². The molecule has 0 aliphatic carbocycles. The lowest BCUT2D eigenvalue weighted by molar-refractivity contribution is -0.117. The quantitative estimate of drug-likeness (QED) is 0.598. The number of carbonyl (C=O) groups is 1. The predicted octanol–water partition coefficient (Wildman–Crippen LogP) is 3.44. The average Bonchev–Trinajstić information content (AvgIpc) is 2.69. The van der Waals surface area contributed by atoms with Gasteiger partial charge in [0, 0.05) is 17.8 Å². The lowest BCUT2D eigenvalue weighted by Gasteiger charge is -2.30. The molecule has 1 atom stereocenters. The first kappa shape index (κ1) is 22.3. The van der Waals surface area contributed by atoms with Gasteiger partial charge < -0.3 is 14.8 Å². The first-order valence-electron chi connectivity index (χ1n) is 9.08. The second-order valence-electron chi connectivity index (χ2n) is 6.30. The van der Waals surface area contributed by atoms with Crippen molar-refractivity contribution in [2.75, 3.05) is 29.6 Å². The molecule has 2 aromatic rings. The van der Waals surface area contributed by atoms with Crippen molar-refractivity contribution >= 4 is 27.3 Å². The number of rotatable bonds is 10. The van der Waals surface area contributed by atoms with Gasteiger partial charge in [-0.3, -0.25) is 9.10 Å². The Morgan fingerprint density at radius 2 is 1.90 bits per heavy atom. The van der Waals surface area contributed by atoms with Crippen LogP contribution in [0, 0.1) is 0 Å². The molecule has 1 N–H and O–H groups in total. The summed E-state index contributed by atoms with van der Waals surface area (Å²) in [4.78, 5) is 13.0. The molecule has 156 valence electrons. The van der Waals surface area contributed by atoms with Crippen LogP contribution in [0.5, 0.6) is 11.5 Å². The molecule has 8 heteroatoms. The molecule has 0 heterocycles. The van der Waals surface area contributed by atoms with E-state index in [9.17, 15) is 13.2 Å². The molecule has 7 nitrogen and oxygen atoms in total. The summed E-state index contributed by atoms with van der Waals surface area (Å²) in [5, 5.41) is 2.78. The van der Waals surface area contributed by atoms with Crippen LogP contribution >= 0.6 is 0 Å². The number of methoxy groups -OCH3 is 1. The lowest BCUT2D eigenvalue weighted by atomic mass is 10.1. The van der Waals surface area contributed by atoms with Gasteiger partial charge in [-0.15, -0.1) is 0 Å². The maximum Gasteiger partial charge on any atom is 0.248 e. The van der Waals surface area contributed by atoms with E-state index in [1.54, 1.807) is 61.5 Å². The molecule has 0 fully saturated rings. The molecule has 0 aliphatic rings. The maximum atomic E-state index is 13.0. The highest BCUT2D eigenvalue weighted by Gasteiger charge is 2.31. The minimum atomic E-state index is -3.73. The fraction of sp³-hybridized carbons (Fsp3) is 0.286. The van der Waals surface area contributed by atoms with E-state index in [0.717, 1.165) is 10.6 Å². The van der Waals surface area contributed by atoms with Crippen molar-refractivity contribution in [3.63, 3.8) is 0 Å². The van der Waals surface area contributed by atoms with Gasteiger partial charge in [0.25, 0.3) is 0 Å². The molecule has 0 saturated heterocycles. The highest BCUT2D eigenvalue weighted by molar-refractivity contribution is 7.92. The summed E-state index contributed by atoms with van der Waals surface area (Å²) in [6.07, 6.45) is 2.98. The van der Waals surface area contributed by atoms with Gasteiger partial charge in [0.15, 0.2) is 0 Å². The summed E-state index contributed by atoms with van der Waals surface area (Å²) in [6, 6.07) is 12.5. The van der Waals surface area contributed by atoms with Gasteiger partial charge >= 0.3 is 0 Å². The zero-order chi connectivity index (χ0) is 21.4. The molecule has 1 amide bonds. The number of sulfonamides is 1. The van der Waals surface area contributed by atoms with Gasteiger partial charge in [-0.1, -0.05) is 31.7 Å². The highest BCUT2D eigenvalue weighted by atomic mass is 32.2. The van der Waals surface area contributed by atoms with Crippen molar-refractivity contribution in [2.24, 2.45) is 0 Å². The summed E-state index contributed by atoms with van der Waals surface area (Å²) in [5.74, 6) is 0.628. The van der Waals surface area contributed by atoms with E-state index in [4.69, 9.17) is 9.47 Å². The molecule has 2 aromatic carbocycles. The van der Waals surface area contributed by atoms with E-state index in [-0.39, 0.29) is 6.42 Å². The fourth-order valence-electron chi connectivity index (χ4n) is 2.85. The van der Waals surface area contributed by atoms with Gasteiger partial charge in [-0.05, 0) is 30.7 Å². The second kappa shape index (κ2) is 9.97. The second-order valence-corrected chi connectivity index (χ2v) is 8.16. The molecule has 0 aromatic heterocycles. The summed E-state index contributed by atoms with van der Waals surface area (Å²) in [7, 11) is -2.24. The Kier molecular flexibility index (Phi) is 7.67. The maximum absolute atomic E-state index is 13.0. The number of hydrogen-bond acceptors (Lipinski definition) is 5. The van der Waals surface area contributed by atoms with Gasteiger partial charge in [-0.2, -0.15) is 0 Å². The molecule has 2 rings (SSSR count). The van der Waals surface area contributed by atoms with Crippen molar-refractivity contribution in [3.05, 3.63) is 61.2 Å². The SMILES string of the molecule is C=CCOc1cccc(NC(=O)[C@@H](CC)N(c2cccc(OC)c2)S(C)(=O)=O)c1. The molecule has 0 unspecified atom stereocenters. The summed E-state index contributed by atoms with van der Waals surface area (Å²) in [6.45, 7) is 5.69. The topological polar surface area (TPSA) is 84.9 Å². The molecular formula is C21H26N2O5S. The van der Waals surface area contributed by atoms with E-state index in [0.29, 0.717) is 29.5 Å². The Labute approximate surface area is 172 Å². The van der Waals surface area contributed by atoms with Crippen LogP contribution in [-0.2, 0) is 14.8 Å². The van der Waals surface area contributed by atoms with Crippen LogP contribution in [0.1, 0.15) is 13.3 Å². The molecular weight excluding hydrogens is 392 g/mol. The van der Waals surface area contributed by atoms with Crippen LogP contribution in [-0.4, -0.2) is 40.3 Å². The van der Waals surface area contributed by atoms with Crippen LogP contribution < -0.4 is 19.1 Å². The van der Waals surface area contributed by atoms with Crippen molar-refractivity contribution in [1.29, 1.82) is 0 Å². The number of benzene rings is 2. The number of nitrogens with one attached hydrogen (secondary N) is 1. The lowest BCUT2D eigenvalue weighted by Crippen LogP contribution is -2.47. The number of hydrogen-bond donors (Lipinski definition) is 1. The molecule has 0 spiro atoms. The molecule has 0 saturated carbocycles. The Hall–Kier alpha value is -3.00. The van der Waals surface area contributed by atoms with E-state index in [1.165, 1.54) is 7.11 Å². The summed E-state index contributed by atoms with van der Waals surface area (Å²) < 4.78 is 36.8. The van der Waals surface area contributed by atoms with Crippen molar-refractivity contribution < 1.29 is 22.7 Å². The molecule has 0 aliphatic heterocycles. The van der Waals surface area contributed by atoms with Crippen molar-refractivity contribution in [2.45, 2.75) is 19.4 Å². The first-order valence-corrected chi connectivity index (χ1v) is 10.9.